The average Bonchev–Trinajstić information content (AvgIpc) is 3.14. The maximum atomic E-state index is 13.4. The van der Waals surface area contributed by atoms with E-state index in [1.807, 2.05) is 54.6 Å². The van der Waals surface area contributed by atoms with Gasteiger partial charge >= 0.3 is 5.63 Å². The number of anilines is 1. The molecule has 0 unspecified atom stereocenters. The third-order valence-corrected chi connectivity index (χ3v) is 6.54. The van der Waals surface area contributed by atoms with Crippen molar-refractivity contribution in [2.75, 3.05) is 11.4 Å². The number of hydrogen-bond acceptors (Lipinski definition) is 6. The van der Waals surface area contributed by atoms with Crippen LogP contribution in [0.3, 0.4) is 0 Å². The molecule has 0 radical (unpaired) electrons. The minimum Gasteiger partial charge on any atom is -0.439 e. The molecule has 2 aliphatic heterocycles. The summed E-state index contributed by atoms with van der Waals surface area (Å²) in [6.45, 7) is 0.984. The Bertz CT molecular complexity index is 1550. The molecule has 1 spiro atoms. The van der Waals surface area contributed by atoms with Crippen molar-refractivity contribution in [3.63, 3.8) is 0 Å². The summed E-state index contributed by atoms with van der Waals surface area (Å²) < 4.78 is 11.7. The van der Waals surface area contributed by atoms with E-state index < -0.39 is 11.0 Å². The molecule has 1 aromatic heterocycles. The first-order chi connectivity index (χ1) is 16.1. The molecule has 6 nitrogen and oxygen atoms in total. The maximum absolute atomic E-state index is 13.4. The summed E-state index contributed by atoms with van der Waals surface area (Å²) in [7, 11) is 0. The topological polar surface area (TPSA) is 92.5 Å². The Balaban J connectivity index is 1.66. The van der Waals surface area contributed by atoms with E-state index in [2.05, 4.69) is 23.1 Å². The fraction of sp³-hybridized carbons (Fsp3) is 0.111. The predicted octanol–water partition coefficient (Wildman–Crippen LogP) is 4.19. The summed E-state index contributed by atoms with van der Waals surface area (Å²) in [5, 5.41) is 10.8. The Labute approximate surface area is 189 Å². The molecule has 6 rings (SSSR count). The van der Waals surface area contributed by atoms with Crippen LogP contribution >= 0.6 is 0 Å². The van der Waals surface area contributed by atoms with Crippen LogP contribution in [0.25, 0.3) is 11.0 Å². The van der Waals surface area contributed by atoms with Crippen molar-refractivity contribution >= 4 is 16.7 Å². The molecule has 0 fully saturated rings. The van der Waals surface area contributed by atoms with Gasteiger partial charge in [-0.15, -0.1) is 0 Å². The highest BCUT2D eigenvalue weighted by Gasteiger charge is 2.54. The zero-order chi connectivity index (χ0) is 22.6. The molecular formula is C27H19N3O3. The standard InChI is InChI=1S/C27H19N3O3/c28-14-20-25(29)33-24-18-10-4-7-13-22(18)32-26(31)23(24)27(20)16-30(15-17-8-2-1-3-9-17)21-12-6-5-11-19(21)27/h1-13H,15-16,29H2/t27-/m0/s1. The molecule has 6 heteroatoms. The van der Waals surface area contributed by atoms with E-state index in [4.69, 9.17) is 14.9 Å². The van der Waals surface area contributed by atoms with Crippen molar-refractivity contribution in [3.8, 4) is 11.8 Å². The van der Waals surface area contributed by atoms with Crippen LogP contribution < -0.4 is 21.0 Å². The van der Waals surface area contributed by atoms with Crippen molar-refractivity contribution < 1.29 is 9.15 Å². The summed E-state index contributed by atoms with van der Waals surface area (Å²) in [6.07, 6.45) is 0. The van der Waals surface area contributed by atoms with Crippen molar-refractivity contribution in [3.05, 3.63) is 117 Å². The molecule has 4 aromatic rings. The summed E-state index contributed by atoms with van der Waals surface area (Å²) in [4.78, 5) is 15.6. The van der Waals surface area contributed by atoms with Gasteiger partial charge in [0.25, 0.3) is 0 Å². The van der Waals surface area contributed by atoms with Crippen LogP contribution in [-0.4, -0.2) is 6.54 Å². The van der Waals surface area contributed by atoms with Crippen molar-refractivity contribution in [1.82, 2.24) is 0 Å². The molecule has 3 aromatic carbocycles. The lowest BCUT2D eigenvalue weighted by atomic mass is 9.69. The number of para-hydroxylation sites is 2. The van der Waals surface area contributed by atoms with Crippen molar-refractivity contribution in [2.45, 2.75) is 12.0 Å². The minimum atomic E-state index is -1.09. The summed E-state index contributed by atoms with van der Waals surface area (Å²) >= 11 is 0. The third kappa shape index (κ3) is 2.63. The molecule has 0 aliphatic carbocycles. The zero-order valence-electron chi connectivity index (χ0n) is 17.6. The van der Waals surface area contributed by atoms with Gasteiger partial charge in [-0.2, -0.15) is 5.26 Å². The monoisotopic (exact) mass is 433 g/mol. The highest BCUT2D eigenvalue weighted by atomic mass is 16.5. The second-order valence-electron chi connectivity index (χ2n) is 8.31. The summed E-state index contributed by atoms with van der Waals surface area (Å²) in [5.74, 6) is 0.367. The molecule has 0 saturated heterocycles. The van der Waals surface area contributed by atoms with Crippen LogP contribution in [0.15, 0.2) is 99.5 Å². The SMILES string of the molecule is N#CC1=C(N)Oc2c(c(=O)oc3ccccc23)[C@]12CN(Cc1ccccc1)c1ccccc12. The Morgan fingerprint density at radius 1 is 1.00 bits per heavy atom. The van der Waals surface area contributed by atoms with Gasteiger partial charge in [-0.05, 0) is 29.3 Å². The molecule has 2 N–H and O–H groups in total. The Morgan fingerprint density at radius 2 is 1.73 bits per heavy atom. The quantitative estimate of drug-likeness (QED) is 0.477. The van der Waals surface area contributed by atoms with Crippen LogP contribution in [-0.2, 0) is 12.0 Å². The Hall–Kier alpha value is -4.50. The van der Waals surface area contributed by atoms with Crippen LogP contribution in [0.2, 0.25) is 0 Å². The summed E-state index contributed by atoms with van der Waals surface area (Å²) in [6, 6.07) is 27.4. The second-order valence-corrected chi connectivity index (χ2v) is 8.31. The van der Waals surface area contributed by atoms with Gasteiger partial charge in [0.1, 0.15) is 17.2 Å². The predicted molar refractivity (Wildman–Crippen MR) is 125 cm³/mol. The molecule has 160 valence electrons. The van der Waals surface area contributed by atoms with Gasteiger partial charge < -0.3 is 19.8 Å². The number of nitrogens with zero attached hydrogens (tertiary/aromatic N) is 2. The normalized spacial score (nSPS) is 18.7. The van der Waals surface area contributed by atoms with E-state index in [0.717, 1.165) is 16.8 Å². The lowest BCUT2D eigenvalue weighted by Crippen LogP contribution is -2.44. The first-order valence-electron chi connectivity index (χ1n) is 10.7. The van der Waals surface area contributed by atoms with Gasteiger partial charge in [-0.25, -0.2) is 4.79 Å². The van der Waals surface area contributed by atoms with E-state index in [1.165, 1.54) is 0 Å². The van der Waals surface area contributed by atoms with Gasteiger partial charge in [-0.1, -0.05) is 60.7 Å². The summed E-state index contributed by atoms with van der Waals surface area (Å²) in [5.41, 5.74) is 8.58. The van der Waals surface area contributed by atoms with E-state index in [0.29, 0.717) is 35.4 Å². The van der Waals surface area contributed by atoms with Crippen LogP contribution in [0.5, 0.6) is 5.75 Å². The zero-order valence-corrected chi connectivity index (χ0v) is 17.6. The van der Waals surface area contributed by atoms with Gasteiger partial charge in [0.05, 0.1) is 16.4 Å². The molecule has 0 amide bonds. The van der Waals surface area contributed by atoms with Gasteiger partial charge in [0.2, 0.25) is 5.88 Å². The van der Waals surface area contributed by atoms with Crippen molar-refractivity contribution in [2.24, 2.45) is 5.73 Å². The Kier molecular flexibility index (Phi) is 4.08. The number of rotatable bonds is 2. The second kappa shape index (κ2) is 7.01. The number of ether oxygens (including phenoxy) is 1. The lowest BCUT2D eigenvalue weighted by molar-refractivity contribution is 0.364. The van der Waals surface area contributed by atoms with Gasteiger partial charge in [0, 0.05) is 18.8 Å². The number of nitrogens with two attached hydrogens (primary N) is 1. The lowest BCUT2D eigenvalue weighted by Gasteiger charge is -2.35. The molecule has 3 heterocycles. The van der Waals surface area contributed by atoms with E-state index >= 15 is 0 Å². The van der Waals surface area contributed by atoms with Crippen LogP contribution in [0, 0.1) is 11.3 Å². The molecular weight excluding hydrogens is 414 g/mol. The molecule has 33 heavy (non-hydrogen) atoms. The fourth-order valence-corrected chi connectivity index (χ4v) is 5.18. The fourth-order valence-electron chi connectivity index (χ4n) is 5.18. The van der Waals surface area contributed by atoms with E-state index in [-0.39, 0.29) is 11.5 Å². The number of nitriles is 1. The number of hydrogen-bond donors (Lipinski definition) is 1. The van der Waals surface area contributed by atoms with E-state index in [9.17, 15) is 10.1 Å². The minimum absolute atomic E-state index is 0.0112. The highest BCUT2D eigenvalue weighted by molar-refractivity contribution is 5.88. The average molecular weight is 433 g/mol. The third-order valence-electron chi connectivity index (χ3n) is 6.54. The molecule has 0 bridgehead atoms. The van der Waals surface area contributed by atoms with Crippen LogP contribution in [0.4, 0.5) is 5.69 Å². The van der Waals surface area contributed by atoms with E-state index in [1.54, 1.807) is 12.1 Å². The van der Waals surface area contributed by atoms with Gasteiger partial charge in [-0.3, -0.25) is 0 Å². The maximum Gasteiger partial charge on any atom is 0.344 e. The smallest absolute Gasteiger partial charge is 0.344 e. The van der Waals surface area contributed by atoms with Crippen LogP contribution in [0.1, 0.15) is 16.7 Å². The van der Waals surface area contributed by atoms with Crippen molar-refractivity contribution in [1.29, 1.82) is 5.26 Å². The number of fused-ring (bicyclic) bond motifs is 6. The largest absolute Gasteiger partial charge is 0.439 e. The molecule has 0 saturated carbocycles. The van der Waals surface area contributed by atoms with Gasteiger partial charge in [0.15, 0.2) is 5.75 Å². The first-order valence-corrected chi connectivity index (χ1v) is 10.7. The number of benzene rings is 3. The first kappa shape index (κ1) is 19.2. The molecule has 1 atom stereocenters. The molecule has 2 aliphatic rings. The Morgan fingerprint density at radius 3 is 2.55 bits per heavy atom. The highest BCUT2D eigenvalue weighted by Crippen LogP contribution is 2.54.